The monoisotopic (exact) mass is 288 g/mol. The van der Waals surface area contributed by atoms with Gasteiger partial charge in [-0.15, -0.1) is 0 Å². The molecule has 0 amide bonds. The van der Waals surface area contributed by atoms with Gasteiger partial charge in [0.2, 0.25) is 0 Å². The Kier molecular flexibility index (Phi) is 3.56. The van der Waals surface area contributed by atoms with Gasteiger partial charge in [0.15, 0.2) is 5.69 Å². The number of aliphatic hydroxyl groups excluding tert-OH is 1. The predicted molar refractivity (Wildman–Crippen MR) is 63.9 cm³/mol. The van der Waals surface area contributed by atoms with Crippen LogP contribution in [0.4, 0.5) is 17.6 Å². The average molecular weight is 288 g/mol. The van der Waals surface area contributed by atoms with E-state index in [0.29, 0.717) is 0 Å². The van der Waals surface area contributed by atoms with Crippen LogP contribution in [-0.2, 0) is 6.18 Å². The van der Waals surface area contributed by atoms with Crippen molar-refractivity contribution in [2.45, 2.75) is 26.1 Å². The highest BCUT2D eigenvalue weighted by Gasteiger charge is 2.33. The molecular formula is C13H12F4N2O. The van der Waals surface area contributed by atoms with Gasteiger partial charge in [-0.1, -0.05) is 0 Å². The lowest BCUT2D eigenvalue weighted by Crippen LogP contribution is -2.09. The third-order valence-corrected chi connectivity index (χ3v) is 2.88. The summed E-state index contributed by atoms with van der Waals surface area (Å²) in [5, 5.41) is 13.0. The average Bonchev–Trinajstić information content (AvgIpc) is 2.80. The highest BCUT2D eigenvalue weighted by molar-refractivity contribution is 5.45. The second-order valence-corrected chi connectivity index (χ2v) is 4.48. The van der Waals surface area contributed by atoms with E-state index in [1.807, 2.05) is 0 Å². The Balaban J connectivity index is 2.57. The summed E-state index contributed by atoms with van der Waals surface area (Å²) in [6.07, 6.45) is -4.45. The first kappa shape index (κ1) is 14.5. The Morgan fingerprint density at radius 3 is 2.45 bits per heavy atom. The number of hydrogen-bond donors (Lipinski definition) is 1. The van der Waals surface area contributed by atoms with Crippen LogP contribution in [0.3, 0.4) is 0 Å². The maximum absolute atomic E-state index is 13.5. The molecule has 0 saturated heterocycles. The molecule has 0 spiro atoms. The van der Waals surface area contributed by atoms with E-state index in [2.05, 4.69) is 5.10 Å². The van der Waals surface area contributed by atoms with Crippen molar-refractivity contribution in [3.8, 4) is 5.69 Å². The Morgan fingerprint density at radius 2 is 1.95 bits per heavy atom. The largest absolute Gasteiger partial charge is 0.435 e. The number of aliphatic hydroxyl groups is 1. The van der Waals surface area contributed by atoms with Gasteiger partial charge in [-0.25, -0.2) is 9.07 Å². The molecule has 1 aromatic carbocycles. The molecule has 1 heterocycles. The second-order valence-electron chi connectivity index (χ2n) is 4.48. The van der Waals surface area contributed by atoms with Crippen molar-refractivity contribution < 1.29 is 22.7 Å². The number of aryl methyl sites for hydroxylation is 1. The number of aromatic nitrogens is 2. The Morgan fingerprint density at radius 1 is 1.30 bits per heavy atom. The van der Waals surface area contributed by atoms with Crippen molar-refractivity contribution in [3.63, 3.8) is 0 Å². The van der Waals surface area contributed by atoms with Crippen LogP contribution in [0.1, 0.15) is 29.8 Å². The highest BCUT2D eigenvalue weighted by atomic mass is 19.4. The first-order valence-electron chi connectivity index (χ1n) is 5.81. The number of hydrogen-bond acceptors (Lipinski definition) is 2. The molecule has 0 radical (unpaired) electrons. The number of halogens is 4. The van der Waals surface area contributed by atoms with Gasteiger partial charge in [-0.2, -0.15) is 18.3 Å². The molecule has 0 unspecified atom stereocenters. The summed E-state index contributed by atoms with van der Waals surface area (Å²) in [7, 11) is 0. The normalized spacial score (nSPS) is 13.6. The number of benzene rings is 1. The molecule has 0 fully saturated rings. The Hall–Kier alpha value is -1.89. The van der Waals surface area contributed by atoms with Gasteiger partial charge >= 0.3 is 6.18 Å². The lowest BCUT2D eigenvalue weighted by Gasteiger charge is -2.14. The lowest BCUT2D eigenvalue weighted by molar-refractivity contribution is -0.141. The van der Waals surface area contributed by atoms with Gasteiger partial charge in [-0.3, -0.25) is 0 Å². The van der Waals surface area contributed by atoms with Crippen LogP contribution >= 0.6 is 0 Å². The van der Waals surface area contributed by atoms with E-state index in [9.17, 15) is 22.7 Å². The molecule has 1 atom stereocenters. The zero-order valence-electron chi connectivity index (χ0n) is 10.7. The smallest absolute Gasteiger partial charge is 0.389 e. The van der Waals surface area contributed by atoms with Crippen molar-refractivity contribution in [2.24, 2.45) is 0 Å². The molecule has 0 aliphatic rings. The van der Waals surface area contributed by atoms with Crippen LogP contribution in [0, 0.1) is 12.7 Å². The van der Waals surface area contributed by atoms with Gasteiger partial charge in [-0.05, 0) is 37.6 Å². The van der Waals surface area contributed by atoms with E-state index in [4.69, 9.17) is 0 Å². The molecule has 0 aliphatic heterocycles. The van der Waals surface area contributed by atoms with E-state index >= 15 is 0 Å². The molecule has 1 N–H and O–H groups in total. The van der Waals surface area contributed by atoms with E-state index in [-0.39, 0.29) is 16.8 Å². The van der Waals surface area contributed by atoms with Gasteiger partial charge in [0, 0.05) is 11.8 Å². The maximum Gasteiger partial charge on any atom is 0.435 e. The van der Waals surface area contributed by atoms with Gasteiger partial charge in [0.1, 0.15) is 5.82 Å². The predicted octanol–water partition coefficient (Wildman–Crippen LogP) is 3.39. The topological polar surface area (TPSA) is 38.0 Å². The quantitative estimate of drug-likeness (QED) is 0.860. The third-order valence-electron chi connectivity index (χ3n) is 2.88. The van der Waals surface area contributed by atoms with Crippen LogP contribution in [-0.4, -0.2) is 14.9 Å². The fourth-order valence-corrected chi connectivity index (χ4v) is 1.82. The minimum Gasteiger partial charge on any atom is -0.389 e. The Bertz CT molecular complexity index is 632. The third kappa shape index (κ3) is 2.67. The minimum absolute atomic E-state index is 0.171. The molecular weight excluding hydrogens is 276 g/mol. The van der Waals surface area contributed by atoms with Crippen molar-refractivity contribution in [1.29, 1.82) is 0 Å². The summed E-state index contributed by atoms with van der Waals surface area (Å²) < 4.78 is 52.1. The maximum atomic E-state index is 13.5. The lowest BCUT2D eigenvalue weighted by atomic mass is 10.1. The van der Waals surface area contributed by atoms with Crippen molar-refractivity contribution in [1.82, 2.24) is 9.78 Å². The zero-order chi connectivity index (χ0) is 15.1. The molecule has 2 aromatic rings. The summed E-state index contributed by atoms with van der Waals surface area (Å²) in [5.41, 5.74) is -0.399. The van der Waals surface area contributed by atoms with Crippen molar-refractivity contribution >= 4 is 0 Å². The number of rotatable bonds is 2. The summed E-state index contributed by atoms with van der Waals surface area (Å²) in [5.74, 6) is -0.534. The summed E-state index contributed by atoms with van der Waals surface area (Å²) in [6.45, 7) is 2.89. The molecule has 2 rings (SSSR count). The SMILES string of the molecule is Cc1cc(-n2ccc(C(F)(F)F)n2)c([C@H](C)O)cc1F. The van der Waals surface area contributed by atoms with Crippen LogP contribution < -0.4 is 0 Å². The highest BCUT2D eigenvalue weighted by Crippen LogP contribution is 2.30. The molecule has 0 bridgehead atoms. The first-order valence-corrected chi connectivity index (χ1v) is 5.81. The number of alkyl halides is 3. The molecule has 0 aliphatic carbocycles. The van der Waals surface area contributed by atoms with Crippen LogP contribution in [0.2, 0.25) is 0 Å². The second kappa shape index (κ2) is 4.90. The zero-order valence-corrected chi connectivity index (χ0v) is 10.7. The van der Waals surface area contributed by atoms with Gasteiger partial charge < -0.3 is 5.11 Å². The molecule has 7 heteroatoms. The van der Waals surface area contributed by atoms with Crippen LogP contribution in [0.5, 0.6) is 0 Å². The summed E-state index contributed by atoms with van der Waals surface area (Å²) in [6, 6.07) is 3.28. The fraction of sp³-hybridized carbons (Fsp3) is 0.308. The van der Waals surface area contributed by atoms with E-state index in [1.165, 1.54) is 19.9 Å². The molecule has 0 saturated carbocycles. The van der Waals surface area contributed by atoms with Crippen molar-refractivity contribution in [3.05, 3.63) is 47.0 Å². The van der Waals surface area contributed by atoms with E-state index < -0.39 is 23.8 Å². The molecule has 3 nitrogen and oxygen atoms in total. The minimum atomic E-state index is -4.55. The number of nitrogens with zero attached hydrogens (tertiary/aromatic N) is 2. The Labute approximate surface area is 112 Å². The van der Waals surface area contributed by atoms with Crippen LogP contribution in [0.15, 0.2) is 24.4 Å². The fourth-order valence-electron chi connectivity index (χ4n) is 1.82. The first-order chi connectivity index (χ1) is 9.20. The van der Waals surface area contributed by atoms with Crippen molar-refractivity contribution in [2.75, 3.05) is 0 Å². The molecule has 20 heavy (non-hydrogen) atoms. The molecule has 108 valence electrons. The van der Waals surface area contributed by atoms with Crippen LogP contribution in [0.25, 0.3) is 5.69 Å². The summed E-state index contributed by atoms with van der Waals surface area (Å²) >= 11 is 0. The van der Waals surface area contributed by atoms with E-state index in [1.54, 1.807) is 0 Å². The molecule has 1 aromatic heterocycles. The summed E-state index contributed by atoms with van der Waals surface area (Å²) in [4.78, 5) is 0. The van der Waals surface area contributed by atoms with Gasteiger partial charge in [0.05, 0.1) is 11.8 Å². The van der Waals surface area contributed by atoms with E-state index in [0.717, 1.165) is 23.0 Å². The standard InChI is InChI=1S/C13H12F4N2O/c1-7-5-11(9(8(2)20)6-10(7)14)19-4-3-12(18-19)13(15,16)17/h3-6,8,20H,1-2H3/t8-/m0/s1. The van der Waals surface area contributed by atoms with Gasteiger partial charge in [0.25, 0.3) is 0 Å².